The molecule has 29 heavy (non-hydrogen) atoms. The predicted octanol–water partition coefficient (Wildman–Crippen LogP) is 3.35. The van der Waals surface area contributed by atoms with Gasteiger partial charge in [-0.05, 0) is 59.7 Å². The summed E-state index contributed by atoms with van der Waals surface area (Å²) in [5, 5.41) is 19.4. The lowest BCUT2D eigenvalue weighted by atomic mass is 10.2. The van der Waals surface area contributed by atoms with Gasteiger partial charge in [0.05, 0.1) is 25.3 Å². The van der Waals surface area contributed by atoms with E-state index in [1.807, 2.05) is 53.2 Å². The van der Waals surface area contributed by atoms with Crippen LogP contribution in [0.2, 0.25) is 0 Å². The van der Waals surface area contributed by atoms with Crippen LogP contribution in [0, 0.1) is 0 Å². The normalized spacial score (nSPS) is 13.4. The van der Waals surface area contributed by atoms with Gasteiger partial charge in [0.2, 0.25) is 11.7 Å². The van der Waals surface area contributed by atoms with Crippen molar-refractivity contribution >= 4 is 5.69 Å². The van der Waals surface area contributed by atoms with Crippen LogP contribution in [0.4, 0.5) is 5.69 Å². The standard InChI is InChI=1S/C20H19N7O2/c1-28-17-5-3-2-4-16(17)19-22-18(29-24-19)12-21-14-8-6-13(7-9-14)20-23-25-26-27(20)15-10-11-15/h2-9,15,21H,10-12H2,1H3. The first-order chi connectivity index (χ1) is 14.3. The zero-order chi connectivity index (χ0) is 19.6. The highest BCUT2D eigenvalue weighted by molar-refractivity contribution is 5.63. The van der Waals surface area contributed by atoms with Gasteiger partial charge in [0.15, 0.2) is 5.82 Å². The molecule has 2 aromatic heterocycles. The molecule has 9 heteroatoms. The molecular formula is C20H19N7O2. The zero-order valence-corrected chi connectivity index (χ0v) is 15.8. The van der Waals surface area contributed by atoms with E-state index in [1.54, 1.807) is 7.11 Å². The molecule has 1 fully saturated rings. The predicted molar refractivity (Wildman–Crippen MR) is 105 cm³/mol. The molecule has 0 bridgehead atoms. The molecule has 1 aliphatic carbocycles. The number of methoxy groups -OCH3 is 1. The molecule has 0 saturated heterocycles. The fourth-order valence-electron chi connectivity index (χ4n) is 3.13. The Morgan fingerprint density at radius 3 is 2.76 bits per heavy atom. The largest absolute Gasteiger partial charge is 0.496 e. The average Bonchev–Trinajstić information content (AvgIpc) is 3.31. The van der Waals surface area contributed by atoms with E-state index in [4.69, 9.17) is 9.26 Å². The van der Waals surface area contributed by atoms with E-state index in [9.17, 15) is 0 Å². The molecule has 5 rings (SSSR count). The summed E-state index contributed by atoms with van der Waals surface area (Å²) in [7, 11) is 1.62. The second-order valence-corrected chi connectivity index (χ2v) is 6.82. The van der Waals surface area contributed by atoms with Gasteiger partial charge in [-0.25, -0.2) is 4.68 Å². The van der Waals surface area contributed by atoms with Crippen molar-refractivity contribution in [3.8, 4) is 28.5 Å². The molecule has 1 saturated carbocycles. The van der Waals surface area contributed by atoms with Gasteiger partial charge in [-0.15, -0.1) is 5.10 Å². The van der Waals surface area contributed by atoms with Crippen LogP contribution < -0.4 is 10.1 Å². The van der Waals surface area contributed by atoms with Crippen molar-refractivity contribution in [2.75, 3.05) is 12.4 Å². The first-order valence-electron chi connectivity index (χ1n) is 9.40. The van der Waals surface area contributed by atoms with E-state index in [-0.39, 0.29) is 0 Å². The molecule has 1 aliphatic rings. The van der Waals surface area contributed by atoms with E-state index in [1.165, 1.54) is 0 Å². The van der Waals surface area contributed by atoms with Crippen LogP contribution in [0.15, 0.2) is 53.1 Å². The van der Waals surface area contributed by atoms with E-state index in [0.29, 0.717) is 30.1 Å². The molecule has 2 aromatic carbocycles. The monoisotopic (exact) mass is 389 g/mol. The number of tetrazole rings is 1. The van der Waals surface area contributed by atoms with Crippen molar-refractivity contribution in [1.82, 2.24) is 30.3 Å². The lowest BCUT2D eigenvalue weighted by Crippen LogP contribution is -2.01. The van der Waals surface area contributed by atoms with Crippen molar-refractivity contribution in [2.45, 2.75) is 25.4 Å². The Morgan fingerprint density at radius 2 is 1.97 bits per heavy atom. The highest BCUT2D eigenvalue weighted by Crippen LogP contribution is 2.36. The smallest absolute Gasteiger partial charge is 0.246 e. The quantitative estimate of drug-likeness (QED) is 0.513. The Labute approximate surface area is 166 Å². The minimum atomic E-state index is 0.418. The van der Waals surface area contributed by atoms with Crippen molar-refractivity contribution < 1.29 is 9.26 Å². The van der Waals surface area contributed by atoms with Gasteiger partial charge < -0.3 is 14.6 Å². The highest BCUT2D eigenvalue weighted by atomic mass is 16.5. The number of nitrogens with zero attached hydrogens (tertiary/aromatic N) is 6. The average molecular weight is 389 g/mol. The summed E-state index contributed by atoms with van der Waals surface area (Å²) >= 11 is 0. The second-order valence-electron chi connectivity index (χ2n) is 6.82. The molecule has 0 radical (unpaired) electrons. The van der Waals surface area contributed by atoms with Crippen molar-refractivity contribution in [1.29, 1.82) is 0 Å². The molecule has 9 nitrogen and oxygen atoms in total. The molecule has 0 spiro atoms. The minimum absolute atomic E-state index is 0.418. The van der Waals surface area contributed by atoms with Gasteiger partial charge in [-0.2, -0.15) is 4.98 Å². The van der Waals surface area contributed by atoms with Crippen molar-refractivity contribution in [3.63, 3.8) is 0 Å². The van der Waals surface area contributed by atoms with Gasteiger partial charge in [-0.3, -0.25) is 0 Å². The third-order valence-corrected chi connectivity index (χ3v) is 4.79. The number of ether oxygens (including phenoxy) is 1. The number of rotatable bonds is 7. The Kier molecular flexibility index (Phi) is 4.39. The molecule has 0 unspecified atom stereocenters. The SMILES string of the molecule is COc1ccccc1-c1noc(CNc2ccc(-c3nnnn3C3CC3)cc2)n1. The first kappa shape index (κ1) is 17.4. The van der Waals surface area contributed by atoms with Crippen LogP contribution >= 0.6 is 0 Å². The Balaban J connectivity index is 1.26. The van der Waals surface area contributed by atoms with E-state index in [2.05, 4.69) is 31.0 Å². The molecule has 4 aromatic rings. The maximum Gasteiger partial charge on any atom is 0.246 e. The summed E-state index contributed by atoms with van der Waals surface area (Å²) in [5.41, 5.74) is 2.72. The molecule has 0 aliphatic heterocycles. The van der Waals surface area contributed by atoms with Gasteiger partial charge in [0, 0.05) is 11.3 Å². The maximum absolute atomic E-state index is 5.36. The molecule has 146 valence electrons. The Bertz CT molecular complexity index is 1120. The fourth-order valence-corrected chi connectivity index (χ4v) is 3.13. The van der Waals surface area contributed by atoms with Gasteiger partial charge in [0.1, 0.15) is 5.75 Å². The highest BCUT2D eigenvalue weighted by Gasteiger charge is 2.28. The summed E-state index contributed by atoms with van der Waals surface area (Å²) in [6.45, 7) is 0.418. The molecule has 0 atom stereocenters. The number of hydrogen-bond donors (Lipinski definition) is 1. The van der Waals surface area contributed by atoms with Crippen LogP contribution in [0.5, 0.6) is 5.75 Å². The van der Waals surface area contributed by atoms with E-state index >= 15 is 0 Å². The van der Waals surface area contributed by atoms with E-state index < -0.39 is 0 Å². The summed E-state index contributed by atoms with van der Waals surface area (Å²) < 4.78 is 12.6. The lowest BCUT2D eigenvalue weighted by molar-refractivity contribution is 0.383. The fraction of sp³-hybridized carbons (Fsp3) is 0.250. The number of benzene rings is 2. The molecular weight excluding hydrogens is 370 g/mol. The number of para-hydroxylation sites is 1. The number of hydrogen-bond acceptors (Lipinski definition) is 8. The molecule has 1 N–H and O–H groups in total. The van der Waals surface area contributed by atoms with Crippen molar-refractivity contribution in [2.24, 2.45) is 0 Å². The lowest BCUT2D eigenvalue weighted by Gasteiger charge is -2.06. The van der Waals surface area contributed by atoms with Crippen LogP contribution in [-0.4, -0.2) is 37.5 Å². The van der Waals surface area contributed by atoms with E-state index in [0.717, 1.165) is 35.5 Å². The van der Waals surface area contributed by atoms with Crippen LogP contribution in [-0.2, 0) is 6.54 Å². The zero-order valence-electron chi connectivity index (χ0n) is 15.8. The third kappa shape index (κ3) is 3.54. The summed E-state index contributed by atoms with van der Waals surface area (Å²) in [5.74, 6) is 2.50. The topological polar surface area (TPSA) is 104 Å². The number of aromatic nitrogens is 6. The summed E-state index contributed by atoms with van der Waals surface area (Å²) in [4.78, 5) is 4.45. The van der Waals surface area contributed by atoms with Crippen LogP contribution in [0.1, 0.15) is 24.8 Å². The summed E-state index contributed by atoms with van der Waals surface area (Å²) in [6.07, 6.45) is 2.28. The Morgan fingerprint density at radius 1 is 1.14 bits per heavy atom. The number of nitrogens with one attached hydrogen (secondary N) is 1. The summed E-state index contributed by atoms with van der Waals surface area (Å²) in [6, 6.07) is 16.0. The molecule has 0 amide bonds. The van der Waals surface area contributed by atoms with Crippen LogP contribution in [0.3, 0.4) is 0 Å². The van der Waals surface area contributed by atoms with Crippen molar-refractivity contribution in [3.05, 3.63) is 54.4 Å². The maximum atomic E-state index is 5.36. The Hall–Kier alpha value is -3.75. The number of anilines is 1. The second kappa shape index (κ2) is 7.34. The third-order valence-electron chi connectivity index (χ3n) is 4.79. The molecule has 2 heterocycles. The first-order valence-corrected chi connectivity index (χ1v) is 9.40. The van der Waals surface area contributed by atoms with Gasteiger partial charge in [0.25, 0.3) is 0 Å². The van der Waals surface area contributed by atoms with Gasteiger partial charge in [-0.1, -0.05) is 17.3 Å². The minimum Gasteiger partial charge on any atom is -0.496 e. The van der Waals surface area contributed by atoms with Gasteiger partial charge >= 0.3 is 0 Å². The van der Waals surface area contributed by atoms with Crippen LogP contribution in [0.25, 0.3) is 22.8 Å².